The number of carbonyl (C=O) groups is 2. The van der Waals surface area contributed by atoms with Crippen molar-refractivity contribution >= 4 is 12.1 Å². The van der Waals surface area contributed by atoms with Gasteiger partial charge < -0.3 is 14.2 Å². The highest BCUT2D eigenvalue weighted by atomic mass is 16.7. The van der Waals surface area contributed by atoms with Crippen LogP contribution in [0.1, 0.15) is 26.7 Å². The van der Waals surface area contributed by atoms with E-state index in [1.165, 1.54) is 0 Å². The van der Waals surface area contributed by atoms with E-state index in [0.29, 0.717) is 31.6 Å². The van der Waals surface area contributed by atoms with Crippen LogP contribution in [0.25, 0.3) is 0 Å². The third-order valence-corrected chi connectivity index (χ3v) is 1.60. The first kappa shape index (κ1) is 14.5. The molecule has 0 aliphatic carbocycles. The van der Waals surface area contributed by atoms with Crippen molar-refractivity contribution in [2.45, 2.75) is 26.7 Å². The first-order chi connectivity index (χ1) is 7.57. The largest absolute Gasteiger partial charge is 0.508 e. The summed E-state index contributed by atoms with van der Waals surface area (Å²) in [6, 6.07) is 0. The van der Waals surface area contributed by atoms with E-state index >= 15 is 0 Å². The summed E-state index contributed by atoms with van der Waals surface area (Å²) in [6.45, 7) is 7.62. The number of hydrogen-bond acceptors (Lipinski definition) is 5. The Balaban J connectivity index is 3.31. The molecule has 5 heteroatoms. The molecule has 0 saturated heterocycles. The van der Waals surface area contributed by atoms with E-state index in [-0.39, 0.29) is 6.61 Å². The molecule has 0 aromatic heterocycles. The summed E-state index contributed by atoms with van der Waals surface area (Å²) in [7, 11) is 0. The lowest BCUT2D eigenvalue weighted by Crippen LogP contribution is -2.10. The molecule has 0 aromatic rings. The normalized spacial score (nSPS) is 9.38. The maximum Gasteiger partial charge on any atom is 0.508 e. The van der Waals surface area contributed by atoms with Gasteiger partial charge in [-0.25, -0.2) is 9.59 Å². The summed E-state index contributed by atoms with van der Waals surface area (Å²) in [4.78, 5) is 21.7. The summed E-state index contributed by atoms with van der Waals surface area (Å²) >= 11 is 0. The second-order valence-corrected chi connectivity index (χ2v) is 3.15. The van der Waals surface area contributed by atoms with Crippen LogP contribution in [-0.4, -0.2) is 31.9 Å². The number of rotatable bonds is 7. The van der Waals surface area contributed by atoms with E-state index in [1.807, 2.05) is 0 Å². The molecule has 0 aliphatic rings. The number of ether oxygens (including phenoxy) is 3. The molecule has 0 saturated carbocycles. The highest BCUT2D eigenvalue weighted by Crippen LogP contribution is 1.97. The van der Waals surface area contributed by atoms with Gasteiger partial charge in [0.05, 0.1) is 19.8 Å². The molecule has 0 aliphatic heterocycles. The molecular weight excluding hydrogens is 212 g/mol. The summed E-state index contributed by atoms with van der Waals surface area (Å²) in [5, 5.41) is 0. The minimum absolute atomic E-state index is 0.267. The average molecular weight is 230 g/mol. The fraction of sp³-hybridized carbons (Fsp3) is 0.636. The summed E-state index contributed by atoms with van der Waals surface area (Å²) in [6.07, 6.45) is 0.599. The molecule has 0 radical (unpaired) electrons. The van der Waals surface area contributed by atoms with Gasteiger partial charge in [-0.1, -0.05) is 6.58 Å². The molecule has 0 amide bonds. The molecule has 5 nitrogen and oxygen atoms in total. The number of carbonyl (C=O) groups excluding carboxylic acids is 2. The first-order valence-corrected chi connectivity index (χ1v) is 5.20. The van der Waals surface area contributed by atoms with Crippen molar-refractivity contribution in [3.8, 4) is 0 Å². The van der Waals surface area contributed by atoms with E-state index in [9.17, 15) is 9.59 Å². The Morgan fingerprint density at radius 3 is 2.12 bits per heavy atom. The van der Waals surface area contributed by atoms with Crippen molar-refractivity contribution in [2.75, 3.05) is 19.8 Å². The molecular formula is C11H18O5. The second kappa shape index (κ2) is 8.76. The van der Waals surface area contributed by atoms with Crippen LogP contribution in [0.5, 0.6) is 0 Å². The zero-order chi connectivity index (χ0) is 12.4. The van der Waals surface area contributed by atoms with Crippen molar-refractivity contribution in [1.82, 2.24) is 0 Å². The maximum absolute atomic E-state index is 10.9. The van der Waals surface area contributed by atoms with Gasteiger partial charge in [0, 0.05) is 5.57 Å². The molecule has 0 spiro atoms. The third-order valence-electron chi connectivity index (χ3n) is 1.60. The molecule has 0 rings (SSSR count). The zero-order valence-electron chi connectivity index (χ0n) is 9.78. The van der Waals surface area contributed by atoms with Gasteiger partial charge in [-0.2, -0.15) is 0 Å². The molecule has 0 unspecified atom stereocenters. The number of unbranched alkanes of at least 4 members (excludes halogenated alkanes) is 1. The van der Waals surface area contributed by atoms with E-state index < -0.39 is 12.1 Å². The topological polar surface area (TPSA) is 61.8 Å². The van der Waals surface area contributed by atoms with Gasteiger partial charge in [0.2, 0.25) is 0 Å². The van der Waals surface area contributed by atoms with E-state index in [4.69, 9.17) is 9.47 Å². The standard InChI is InChI=1S/C11H18O5/c1-4-14-11(13)16-8-6-5-7-15-10(12)9(2)3/h2,4-8H2,1,3H3. The van der Waals surface area contributed by atoms with Crippen LogP contribution >= 0.6 is 0 Å². The Hall–Kier alpha value is -1.52. The predicted molar refractivity (Wildman–Crippen MR) is 58.0 cm³/mol. The van der Waals surface area contributed by atoms with Gasteiger partial charge >= 0.3 is 12.1 Å². The highest BCUT2D eigenvalue weighted by molar-refractivity contribution is 5.86. The second-order valence-electron chi connectivity index (χ2n) is 3.15. The van der Waals surface area contributed by atoms with Crippen LogP contribution in [0, 0.1) is 0 Å². The molecule has 92 valence electrons. The monoisotopic (exact) mass is 230 g/mol. The van der Waals surface area contributed by atoms with Crippen LogP contribution in [-0.2, 0) is 19.0 Å². The molecule has 0 fully saturated rings. The predicted octanol–water partition coefficient (Wildman–Crippen LogP) is 2.06. The Bertz CT molecular complexity index is 247. The highest BCUT2D eigenvalue weighted by Gasteiger charge is 2.03. The fourth-order valence-corrected chi connectivity index (χ4v) is 0.807. The van der Waals surface area contributed by atoms with Gasteiger partial charge in [0.25, 0.3) is 0 Å². The lowest BCUT2D eigenvalue weighted by molar-refractivity contribution is -0.139. The summed E-state index contributed by atoms with van der Waals surface area (Å²) in [5.41, 5.74) is 0.378. The van der Waals surface area contributed by atoms with E-state index in [0.717, 1.165) is 0 Å². The molecule has 0 N–H and O–H groups in total. The van der Waals surface area contributed by atoms with Crippen LogP contribution in [0.15, 0.2) is 12.2 Å². The Morgan fingerprint density at radius 1 is 1.06 bits per heavy atom. The van der Waals surface area contributed by atoms with Crippen molar-refractivity contribution in [3.63, 3.8) is 0 Å². The fourth-order valence-electron chi connectivity index (χ4n) is 0.807. The van der Waals surface area contributed by atoms with Crippen LogP contribution < -0.4 is 0 Å². The van der Waals surface area contributed by atoms with Crippen LogP contribution in [0.2, 0.25) is 0 Å². The van der Waals surface area contributed by atoms with Gasteiger partial charge in [-0.05, 0) is 26.7 Å². The Morgan fingerprint density at radius 2 is 1.62 bits per heavy atom. The van der Waals surface area contributed by atoms with E-state index in [1.54, 1.807) is 13.8 Å². The third kappa shape index (κ3) is 7.84. The zero-order valence-corrected chi connectivity index (χ0v) is 9.78. The van der Waals surface area contributed by atoms with Crippen molar-refractivity contribution in [2.24, 2.45) is 0 Å². The Labute approximate surface area is 95.4 Å². The smallest absolute Gasteiger partial charge is 0.462 e. The lowest BCUT2D eigenvalue weighted by Gasteiger charge is -2.05. The summed E-state index contributed by atoms with van der Waals surface area (Å²) < 4.78 is 14.1. The van der Waals surface area contributed by atoms with E-state index in [2.05, 4.69) is 11.3 Å². The minimum atomic E-state index is -0.665. The van der Waals surface area contributed by atoms with Gasteiger partial charge in [-0.15, -0.1) is 0 Å². The van der Waals surface area contributed by atoms with Gasteiger partial charge in [-0.3, -0.25) is 0 Å². The lowest BCUT2D eigenvalue weighted by atomic mass is 10.3. The van der Waals surface area contributed by atoms with Gasteiger partial charge in [0.15, 0.2) is 0 Å². The number of hydrogen-bond donors (Lipinski definition) is 0. The molecule has 16 heavy (non-hydrogen) atoms. The van der Waals surface area contributed by atoms with Crippen molar-refractivity contribution in [3.05, 3.63) is 12.2 Å². The minimum Gasteiger partial charge on any atom is -0.462 e. The van der Waals surface area contributed by atoms with Crippen LogP contribution in [0.4, 0.5) is 4.79 Å². The summed E-state index contributed by atoms with van der Waals surface area (Å²) in [5.74, 6) is -0.397. The quantitative estimate of drug-likeness (QED) is 0.380. The average Bonchev–Trinajstić information content (AvgIpc) is 2.23. The number of esters is 1. The molecule has 0 aromatic carbocycles. The first-order valence-electron chi connectivity index (χ1n) is 5.20. The van der Waals surface area contributed by atoms with Crippen molar-refractivity contribution < 1.29 is 23.8 Å². The molecule has 0 bridgehead atoms. The SMILES string of the molecule is C=C(C)C(=O)OCCCCOC(=O)OCC. The molecule has 0 heterocycles. The van der Waals surface area contributed by atoms with Crippen molar-refractivity contribution in [1.29, 1.82) is 0 Å². The Kier molecular flexibility index (Phi) is 7.93. The van der Waals surface area contributed by atoms with Gasteiger partial charge in [0.1, 0.15) is 0 Å². The maximum atomic E-state index is 10.9. The van der Waals surface area contributed by atoms with Crippen LogP contribution in [0.3, 0.4) is 0 Å². The molecule has 0 atom stereocenters.